The molecular formula is C11H19NO3S. The molecule has 0 bridgehead atoms. The third-order valence-electron chi connectivity index (χ3n) is 3.33. The summed E-state index contributed by atoms with van der Waals surface area (Å²) in [7, 11) is 0. The highest BCUT2D eigenvalue weighted by atomic mass is 32.1. The second-order valence-corrected chi connectivity index (χ2v) is 5.09. The van der Waals surface area contributed by atoms with Crippen LogP contribution in [0.3, 0.4) is 0 Å². The number of carbonyl (C=O) groups is 2. The third-order valence-corrected chi connectivity index (χ3v) is 4.16. The molecule has 0 aliphatic carbocycles. The lowest BCUT2D eigenvalue weighted by atomic mass is 9.91. The van der Waals surface area contributed by atoms with Crippen molar-refractivity contribution in [3.63, 3.8) is 0 Å². The van der Waals surface area contributed by atoms with Crippen molar-refractivity contribution in [1.82, 2.24) is 5.32 Å². The number of hydrogen-bond acceptors (Lipinski definition) is 4. The first-order valence-corrected chi connectivity index (χ1v) is 6.08. The molecule has 1 fully saturated rings. The minimum Gasteiger partial charge on any atom is -0.390 e. The fourth-order valence-corrected chi connectivity index (χ4v) is 2.47. The highest BCUT2D eigenvalue weighted by Crippen LogP contribution is 2.27. The predicted octanol–water partition coefficient (Wildman–Crippen LogP) is 0.395. The van der Waals surface area contributed by atoms with Crippen molar-refractivity contribution in [1.29, 1.82) is 0 Å². The number of Topliss-reactive ketones (excluding diaryl/α,β-unsaturated/α-hetero) is 1. The highest BCUT2D eigenvalue weighted by molar-refractivity contribution is 7.81. The Labute approximate surface area is 101 Å². The van der Waals surface area contributed by atoms with Crippen LogP contribution in [-0.4, -0.2) is 34.2 Å². The zero-order valence-corrected chi connectivity index (χ0v) is 10.7. The molecule has 0 aromatic rings. The van der Waals surface area contributed by atoms with Gasteiger partial charge in [-0.3, -0.25) is 9.59 Å². The van der Waals surface area contributed by atoms with Gasteiger partial charge in [-0.25, -0.2) is 0 Å². The van der Waals surface area contributed by atoms with Gasteiger partial charge in [0.15, 0.2) is 0 Å². The highest BCUT2D eigenvalue weighted by Gasteiger charge is 2.46. The first-order chi connectivity index (χ1) is 7.40. The molecule has 1 aliphatic heterocycles. The Balaban J connectivity index is 2.79. The van der Waals surface area contributed by atoms with Gasteiger partial charge in [-0.1, -0.05) is 20.3 Å². The standard InChI is InChI=1S/C11H19NO3S/c1-4-5(2)10(16)8-9(14)7(6(3)13)11(15)12-8/h5,7-10,14,16H,4H2,1-3H3,(H,12,15). The van der Waals surface area contributed by atoms with Crippen molar-refractivity contribution in [3.05, 3.63) is 0 Å². The van der Waals surface area contributed by atoms with Gasteiger partial charge in [0.05, 0.1) is 12.1 Å². The molecule has 0 saturated carbocycles. The first-order valence-electron chi connectivity index (χ1n) is 5.57. The summed E-state index contributed by atoms with van der Waals surface area (Å²) in [6.45, 7) is 5.36. The van der Waals surface area contributed by atoms with E-state index in [1.165, 1.54) is 6.92 Å². The zero-order chi connectivity index (χ0) is 12.5. The predicted molar refractivity (Wildman–Crippen MR) is 64.3 cm³/mol. The molecule has 4 nitrogen and oxygen atoms in total. The number of carbonyl (C=O) groups excluding carboxylic acids is 2. The molecule has 1 heterocycles. The lowest BCUT2D eigenvalue weighted by molar-refractivity contribution is -0.132. The molecule has 1 saturated heterocycles. The summed E-state index contributed by atoms with van der Waals surface area (Å²) in [5, 5.41) is 12.5. The minimum atomic E-state index is -0.957. The van der Waals surface area contributed by atoms with E-state index in [-0.39, 0.29) is 22.9 Å². The number of amides is 1. The van der Waals surface area contributed by atoms with Gasteiger partial charge in [0.1, 0.15) is 11.7 Å². The van der Waals surface area contributed by atoms with Gasteiger partial charge < -0.3 is 10.4 Å². The monoisotopic (exact) mass is 245 g/mol. The van der Waals surface area contributed by atoms with E-state index in [1.807, 2.05) is 13.8 Å². The van der Waals surface area contributed by atoms with Crippen molar-refractivity contribution in [2.75, 3.05) is 0 Å². The molecule has 16 heavy (non-hydrogen) atoms. The van der Waals surface area contributed by atoms with E-state index >= 15 is 0 Å². The fraction of sp³-hybridized carbons (Fsp3) is 0.818. The Morgan fingerprint density at radius 1 is 1.62 bits per heavy atom. The Morgan fingerprint density at radius 2 is 2.19 bits per heavy atom. The van der Waals surface area contributed by atoms with E-state index < -0.39 is 18.1 Å². The van der Waals surface area contributed by atoms with Gasteiger partial charge in [-0.15, -0.1) is 0 Å². The fourth-order valence-electron chi connectivity index (χ4n) is 2.01. The van der Waals surface area contributed by atoms with Crippen LogP contribution in [0.25, 0.3) is 0 Å². The van der Waals surface area contributed by atoms with Gasteiger partial charge in [0.2, 0.25) is 5.91 Å². The summed E-state index contributed by atoms with van der Waals surface area (Å²) in [5.74, 6) is -1.33. The SMILES string of the molecule is CCC(C)C(S)C1NC(=O)C(C(C)=O)C1O. The molecule has 1 aliphatic rings. The van der Waals surface area contributed by atoms with Crippen LogP contribution in [0.4, 0.5) is 0 Å². The molecule has 0 aromatic heterocycles. The first kappa shape index (κ1) is 13.5. The van der Waals surface area contributed by atoms with Crippen LogP contribution in [0, 0.1) is 11.8 Å². The molecule has 0 radical (unpaired) electrons. The molecule has 5 heteroatoms. The van der Waals surface area contributed by atoms with Gasteiger partial charge in [0.25, 0.3) is 0 Å². The van der Waals surface area contributed by atoms with E-state index in [0.717, 1.165) is 6.42 Å². The van der Waals surface area contributed by atoms with Gasteiger partial charge >= 0.3 is 0 Å². The molecule has 1 amide bonds. The smallest absolute Gasteiger partial charge is 0.233 e. The average molecular weight is 245 g/mol. The van der Waals surface area contributed by atoms with E-state index in [4.69, 9.17) is 0 Å². The lowest BCUT2D eigenvalue weighted by Gasteiger charge is -2.26. The number of aliphatic hydroxyl groups excluding tert-OH is 1. The Morgan fingerprint density at radius 3 is 2.56 bits per heavy atom. The average Bonchev–Trinajstić information content (AvgIpc) is 2.51. The summed E-state index contributed by atoms with van der Waals surface area (Å²) >= 11 is 4.42. The van der Waals surface area contributed by atoms with Crippen LogP contribution in [0.1, 0.15) is 27.2 Å². The Bertz CT molecular complexity index is 295. The summed E-state index contributed by atoms with van der Waals surface area (Å²) in [4.78, 5) is 22.8. The van der Waals surface area contributed by atoms with E-state index in [9.17, 15) is 14.7 Å². The van der Waals surface area contributed by atoms with Gasteiger partial charge in [-0.2, -0.15) is 12.6 Å². The number of nitrogens with one attached hydrogen (secondary N) is 1. The van der Waals surface area contributed by atoms with Crippen molar-refractivity contribution in [2.24, 2.45) is 11.8 Å². The Kier molecular flexibility index (Phi) is 4.38. The van der Waals surface area contributed by atoms with Crippen LogP contribution in [0.15, 0.2) is 0 Å². The Hall–Kier alpha value is -0.550. The summed E-state index contributed by atoms with van der Waals surface area (Å²) in [5.41, 5.74) is 0. The number of aliphatic hydroxyl groups is 1. The largest absolute Gasteiger partial charge is 0.390 e. The van der Waals surface area contributed by atoms with E-state index in [1.54, 1.807) is 0 Å². The normalized spacial score (nSPS) is 33.3. The molecule has 5 atom stereocenters. The minimum absolute atomic E-state index is 0.131. The molecule has 5 unspecified atom stereocenters. The number of hydrogen-bond donors (Lipinski definition) is 3. The molecular weight excluding hydrogens is 226 g/mol. The second-order valence-electron chi connectivity index (χ2n) is 4.49. The maximum Gasteiger partial charge on any atom is 0.233 e. The van der Waals surface area contributed by atoms with E-state index in [0.29, 0.717) is 0 Å². The maximum atomic E-state index is 11.5. The van der Waals surface area contributed by atoms with Crippen LogP contribution in [0.5, 0.6) is 0 Å². The van der Waals surface area contributed by atoms with Crippen LogP contribution < -0.4 is 5.32 Å². The second kappa shape index (κ2) is 5.19. The van der Waals surface area contributed by atoms with E-state index in [2.05, 4.69) is 17.9 Å². The molecule has 1 rings (SSSR count). The quantitative estimate of drug-likeness (QED) is 0.496. The van der Waals surface area contributed by atoms with Crippen molar-refractivity contribution in [2.45, 2.75) is 44.6 Å². The maximum absolute atomic E-state index is 11.5. The van der Waals surface area contributed by atoms with Crippen LogP contribution >= 0.6 is 12.6 Å². The topological polar surface area (TPSA) is 66.4 Å². The molecule has 0 spiro atoms. The van der Waals surface area contributed by atoms with Gasteiger partial charge in [-0.05, 0) is 12.8 Å². The molecule has 2 N–H and O–H groups in total. The summed E-state index contributed by atoms with van der Waals surface area (Å²) in [6.07, 6.45) is -0.0423. The van der Waals surface area contributed by atoms with Crippen molar-refractivity contribution in [3.8, 4) is 0 Å². The van der Waals surface area contributed by atoms with Crippen molar-refractivity contribution < 1.29 is 14.7 Å². The lowest BCUT2D eigenvalue weighted by Crippen LogP contribution is -2.43. The summed E-state index contributed by atoms with van der Waals surface area (Å²) < 4.78 is 0. The molecule has 92 valence electrons. The molecule has 0 aromatic carbocycles. The van der Waals surface area contributed by atoms with Gasteiger partial charge in [0, 0.05) is 5.25 Å². The summed E-state index contributed by atoms with van der Waals surface area (Å²) in [6, 6.07) is -0.431. The number of ketones is 1. The third kappa shape index (κ3) is 2.40. The number of rotatable bonds is 4. The number of thiol groups is 1. The van der Waals surface area contributed by atoms with Crippen LogP contribution in [0.2, 0.25) is 0 Å². The van der Waals surface area contributed by atoms with Crippen LogP contribution in [-0.2, 0) is 9.59 Å². The zero-order valence-electron chi connectivity index (χ0n) is 9.80. The van der Waals surface area contributed by atoms with Crippen molar-refractivity contribution >= 4 is 24.3 Å².